The standard InChI is InChI=1S/C17H17N3O/c1-20(12-14-7-3-2-4-8-14)13-17(21)19-16-10-6-5-9-15(16)11-18/h2-10H,12-13H2,1H3,(H,19,21)/p+1. The molecule has 0 fully saturated rings. The molecule has 2 rings (SSSR count). The predicted octanol–water partition coefficient (Wildman–Crippen LogP) is 1.21. The van der Waals surface area contributed by atoms with Crippen molar-refractivity contribution in [1.82, 2.24) is 0 Å². The Hall–Kier alpha value is -2.64. The molecule has 1 amide bonds. The number of carbonyl (C=O) groups is 1. The summed E-state index contributed by atoms with van der Waals surface area (Å²) in [6, 6.07) is 19.1. The zero-order valence-corrected chi connectivity index (χ0v) is 12.0. The minimum Gasteiger partial charge on any atom is -0.326 e. The van der Waals surface area contributed by atoms with Crippen LogP contribution in [0.2, 0.25) is 0 Å². The molecule has 0 bridgehead atoms. The number of amides is 1. The van der Waals surface area contributed by atoms with Crippen molar-refractivity contribution in [3.63, 3.8) is 0 Å². The molecule has 0 aromatic heterocycles. The highest BCUT2D eigenvalue weighted by molar-refractivity contribution is 5.92. The number of likely N-dealkylation sites (N-methyl/N-ethyl adjacent to an activating group) is 1. The van der Waals surface area contributed by atoms with Gasteiger partial charge in [0, 0.05) is 5.56 Å². The molecule has 106 valence electrons. The van der Waals surface area contributed by atoms with E-state index in [9.17, 15) is 4.79 Å². The fourth-order valence-electron chi connectivity index (χ4n) is 2.16. The number of hydrogen-bond donors (Lipinski definition) is 2. The number of para-hydroxylation sites is 1. The fraction of sp³-hybridized carbons (Fsp3) is 0.176. The third kappa shape index (κ3) is 4.44. The molecular weight excluding hydrogens is 262 g/mol. The smallest absolute Gasteiger partial charge is 0.279 e. The predicted molar refractivity (Wildman–Crippen MR) is 81.7 cm³/mol. The van der Waals surface area contributed by atoms with Crippen molar-refractivity contribution < 1.29 is 9.69 Å². The molecule has 2 aromatic carbocycles. The van der Waals surface area contributed by atoms with Crippen LogP contribution >= 0.6 is 0 Å². The highest BCUT2D eigenvalue weighted by Crippen LogP contribution is 2.12. The van der Waals surface area contributed by atoms with Crippen molar-refractivity contribution in [3.8, 4) is 6.07 Å². The molecule has 0 radical (unpaired) electrons. The zero-order valence-electron chi connectivity index (χ0n) is 12.0. The van der Waals surface area contributed by atoms with Gasteiger partial charge in [-0.2, -0.15) is 5.26 Å². The van der Waals surface area contributed by atoms with Crippen molar-refractivity contribution in [2.75, 3.05) is 18.9 Å². The van der Waals surface area contributed by atoms with Gasteiger partial charge >= 0.3 is 0 Å². The minimum absolute atomic E-state index is 0.0915. The van der Waals surface area contributed by atoms with Crippen LogP contribution in [0.3, 0.4) is 0 Å². The van der Waals surface area contributed by atoms with Gasteiger partial charge in [-0.15, -0.1) is 0 Å². The van der Waals surface area contributed by atoms with Gasteiger partial charge in [0.05, 0.1) is 18.3 Å². The van der Waals surface area contributed by atoms with E-state index in [1.807, 2.05) is 37.4 Å². The Bertz CT molecular complexity index is 647. The number of benzene rings is 2. The Kier molecular flexibility index (Phi) is 5.08. The second-order valence-corrected chi connectivity index (χ2v) is 5.00. The molecular formula is C17H18N3O+. The summed E-state index contributed by atoms with van der Waals surface area (Å²) >= 11 is 0. The van der Waals surface area contributed by atoms with E-state index in [4.69, 9.17) is 5.26 Å². The fourth-order valence-corrected chi connectivity index (χ4v) is 2.16. The Balaban J connectivity index is 1.91. The Morgan fingerprint density at radius 3 is 2.52 bits per heavy atom. The maximum Gasteiger partial charge on any atom is 0.279 e. The molecule has 4 nitrogen and oxygen atoms in total. The number of anilines is 1. The average molecular weight is 280 g/mol. The highest BCUT2D eigenvalue weighted by atomic mass is 16.2. The summed E-state index contributed by atoms with van der Waals surface area (Å²) in [4.78, 5) is 13.1. The number of carbonyl (C=O) groups excluding carboxylic acids is 1. The zero-order chi connectivity index (χ0) is 15.1. The molecule has 1 unspecified atom stereocenters. The maximum atomic E-state index is 12.0. The summed E-state index contributed by atoms with van der Waals surface area (Å²) in [5.41, 5.74) is 2.24. The molecule has 2 N–H and O–H groups in total. The van der Waals surface area contributed by atoms with E-state index in [-0.39, 0.29) is 5.91 Å². The second kappa shape index (κ2) is 7.22. The van der Waals surface area contributed by atoms with Crippen molar-refractivity contribution in [3.05, 3.63) is 65.7 Å². The van der Waals surface area contributed by atoms with Crippen LogP contribution in [0.15, 0.2) is 54.6 Å². The van der Waals surface area contributed by atoms with Crippen LogP contribution in [0.1, 0.15) is 11.1 Å². The molecule has 0 saturated heterocycles. The van der Waals surface area contributed by atoms with Crippen LogP contribution in [0.25, 0.3) is 0 Å². The van der Waals surface area contributed by atoms with E-state index >= 15 is 0 Å². The van der Waals surface area contributed by atoms with Gasteiger partial charge in [0.1, 0.15) is 12.6 Å². The monoisotopic (exact) mass is 280 g/mol. The quantitative estimate of drug-likeness (QED) is 0.865. The molecule has 2 aromatic rings. The summed E-state index contributed by atoms with van der Waals surface area (Å²) in [6.45, 7) is 1.14. The van der Waals surface area contributed by atoms with Crippen molar-refractivity contribution in [1.29, 1.82) is 5.26 Å². The average Bonchev–Trinajstić information content (AvgIpc) is 2.48. The topological polar surface area (TPSA) is 57.3 Å². The molecule has 0 spiro atoms. The number of quaternary nitrogens is 1. The first-order valence-corrected chi connectivity index (χ1v) is 6.83. The molecule has 1 atom stereocenters. The Morgan fingerprint density at radius 2 is 1.81 bits per heavy atom. The Morgan fingerprint density at radius 1 is 1.14 bits per heavy atom. The molecule has 0 saturated carbocycles. The molecule has 0 aliphatic heterocycles. The summed E-state index contributed by atoms with van der Waals surface area (Å²) in [6.07, 6.45) is 0. The largest absolute Gasteiger partial charge is 0.326 e. The van der Waals surface area contributed by atoms with Crippen LogP contribution in [0, 0.1) is 11.3 Å². The van der Waals surface area contributed by atoms with Crippen molar-refractivity contribution in [2.24, 2.45) is 0 Å². The normalized spacial score (nSPS) is 11.4. The third-order valence-electron chi connectivity index (χ3n) is 3.13. The minimum atomic E-state index is -0.0915. The van der Waals surface area contributed by atoms with Crippen LogP contribution in [-0.2, 0) is 11.3 Å². The van der Waals surface area contributed by atoms with Crippen molar-refractivity contribution >= 4 is 11.6 Å². The maximum absolute atomic E-state index is 12.0. The molecule has 4 heteroatoms. The summed E-state index contributed by atoms with van der Waals surface area (Å²) in [5, 5.41) is 11.8. The lowest BCUT2D eigenvalue weighted by molar-refractivity contribution is -0.885. The first-order valence-electron chi connectivity index (χ1n) is 6.83. The summed E-state index contributed by atoms with van der Waals surface area (Å²) in [5.74, 6) is -0.0915. The van der Waals surface area contributed by atoms with E-state index in [2.05, 4.69) is 11.4 Å². The number of nitrogens with one attached hydrogen (secondary N) is 2. The van der Waals surface area contributed by atoms with E-state index < -0.39 is 0 Å². The van der Waals surface area contributed by atoms with E-state index in [1.54, 1.807) is 24.3 Å². The lowest BCUT2D eigenvalue weighted by atomic mass is 10.2. The second-order valence-electron chi connectivity index (χ2n) is 5.00. The van der Waals surface area contributed by atoms with Gasteiger partial charge in [-0.1, -0.05) is 42.5 Å². The number of nitriles is 1. The number of nitrogens with zero attached hydrogens (tertiary/aromatic N) is 1. The molecule has 0 aliphatic carbocycles. The molecule has 0 aliphatic rings. The van der Waals surface area contributed by atoms with Gasteiger partial charge in [-0.3, -0.25) is 4.79 Å². The lowest BCUT2D eigenvalue weighted by Crippen LogP contribution is -3.08. The summed E-state index contributed by atoms with van der Waals surface area (Å²) in [7, 11) is 1.97. The van der Waals surface area contributed by atoms with Gasteiger partial charge in [-0.05, 0) is 12.1 Å². The van der Waals surface area contributed by atoms with Gasteiger partial charge in [-0.25, -0.2) is 0 Å². The van der Waals surface area contributed by atoms with Crippen LogP contribution in [-0.4, -0.2) is 19.5 Å². The lowest BCUT2D eigenvalue weighted by Gasteiger charge is -2.14. The molecule has 21 heavy (non-hydrogen) atoms. The van der Waals surface area contributed by atoms with Gasteiger partial charge < -0.3 is 10.2 Å². The Labute approximate surface area is 124 Å². The van der Waals surface area contributed by atoms with Gasteiger partial charge in [0.2, 0.25) is 0 Å². The van der Waals surface area contributed by atoms with Crippen LogP contribution in [0.5, 0.6) is 0 Å². The van der Waals surface area contributed by atoms with E-state index in [1.165, 1.54) is 5.56 Å². The van der Waals surface area contributed by atoms with E-state index in [0.717, 1.165) is 11.4 Å². The van der Waals surface area contributed by atoms with Gasteiger partial charge in [0.15, 0.2) is 6.54 Å². The summed E-state index contributed by atoms with van der Waals surface area (Å²) < 4.78 is 0. The van der Waals surface area contributed by atoms with Crippen molar-refractivity contribution in [2.45, 2.75) is 6.54 Å². The number of hydrogen-bond acceptors (Lipinski definition) is 2. The molecule has 0 heterocycles. The first kappa shape index (κ1) is 14.8. The first-order chi connectivity index (χ1) is 10.2. The number of rotatable bonds is 5. The third-order valence-corrected chi connectivity index (χ3v) is 3.13. The SMILES string of the molecule is C[NH+](CC(=O)Nc1ccccc1C#N)Cc1ccccc1. The highest BCUT2D eigenvalue weighted by Gasteiger charge is 2.12. The van der Waals surface area contributed by atoms with E-state index in [0.29, 0.717) is 17.8 Å². The van der Waals surface area contributed by atoms with Gasteiger partial charge in [0.25, 0.3) is 5.91 Å². The van der Waals surface area contributed by atoms with Crippen LogP contribution in [0.4, 0.5) is 5.69 Å². The van der Waals surface area contributed by atoms with Crippen LogP contribution < -0.4 is 10.2 Å².